The molecule has 0 aromatic carbocycles. The fourth-order valence-electron chi connectivity index (χ4n) is 5.87. The predicted molar refractivity (Wildman–Crippen MR) is 153 cm³/mol. The van der Waals surface area contributed by atoms with Crippen molar-refractivity contribution in [2.45, 2.75) is 122 Å². The molecule has 8 nitrogen and oxygen atoms in total. The first kappa shape index (κ1) is 32.9. The van der Waals surface area contributed by atoms with E-state index in [9.17, 15) is 9.59 Å². The van der Waals surface area contributed by atoms with E-state index in [1.807, 2.05) is 12.2 Å². The molecule has 1 saturated carbocycles. The Balaban J connectivity index is 1.71. The van der Waals surface area contributed by atoms with Gasteiger partial charge in [0.1, 0.15) is 5.78 Å². The maximum atomic E-state index is 13.2. The number of carboxylic acid groups (broad SMARTS) is 1. The van der Waals surface area contributed by atoms with Crippen LogP contribution in [0.4, 0.5) is 0 Å². The van der Waals surface area contributed by atoms with Crippen molar-refractivity contribution >= 4 is 11.8 Å². The van der Waals surface area contributed by atoms with E-state index >= 15 is 0 Å². The fraction of sp³-hybridized carbons (Fsp3) is 0.812. The van der Waals surface area contributed by atoms with Gasteiger partial charge in [-0.1, -0.05) is 37.6 Å². The fourth-order valence-corrected chi connectivity index (χ4v) is 5.87. The number of carboxylic acids is 1. The molecule has 8 heteroatoms. The second-order valence-corrected chi connectivity index (χ2v) is 11.6. The molecule has 3 aliphatic rings. The number of carbonyl (C=O) groups excluding carboxylic acids is 1. The van der Waals surface area contributed by atoms with Crippen molar-refractivity contribution in [1.82, 2.24) is 0 Å². The Hall–Kier alpha value is -1.58. The average Bonchev–Trinajstić information content (AvgIpc) is 3.24. The number of ether oxygens (including phenoxy) is 5. The molecule has 0 bridgehead atoms. The molecule has 0 aromatic rings. The smallest absolute Gasteiger partial charge is 0.303 e. The molecule has 3 fully saturated rings. The number of allylic oxidation sites excluding steroid dienone is 2. The number of Topliss-reactive ketones (excluding diaryl/α,β-unsaturated/α-hetero) is 1. The monoisotopic (exact) mass is 564 g/mol. The van der Waals surface area contributed by atoms with E-state index in [0.29, 0.717) is 38.2 Å². The summed E-state index contributed by atoms with van der Waals surface area (Å²) in [6.07, 6.45) is 19.2. The molecule has 3 unspecified atom stereocenters. The first-order valence-corrected chi connectivity index (χ1v) is 15.6. The maximum absolute atomic E-state index is 13.2. The molecule has 2 saturated heterocycles. The van der Waals surface area contributed by atoms with Crippen LogP contribution in [0.1, 0.15) is 96.8 Å². The van der Waals surface area contributed by atoms with Crippen LogP contribution in [0.3, 0.4) is 0 Å². The summed E-state index contributed by atoms with van der Waals surface area (Å²) in [5.74, 6) is -0.515. The van der Waals surface area contributed by atoms with Crippen molar-refractivity contribution < 1.29 is 38.4 Å². The third kappa shape index (κ3) is 11.7. The van der Waals surface area contributed by atoms with Gasteiger partial charge in [0.15, 0.2) is 12.6 Å². The lowest BCUT2D eigenvalue weighted by molar-refractivity contribution is -0.193. The van der Waals surface area contributed by atoms with Crippen molar-refractivity contribution in [3.8, 4) is 0 Å². The highest BCUT2D eigenvalue weighted by Gasteiger charge is 2.42. The molecular weight excluding hydrogens is 512 g/mol. The molecule has 3 rings (SSSR count). The van der Waals surface area contributed by atoms with Crippen LogP contribution in [0.15, 0.2) is 24.3 Å². The van der Waals surface area contributed by atoms with Gasteiger partial charge in [-0.3, -0.25) is 9.59 Å². The minimum atomic E-state index is -0.780. The van der Waals surface area contributed by atoms with E-state index < -0.39 is 5.97 Å². The topological polar surface area (TPSA) is 101 Å². The van der Waals surface area contributed by atoms with E-state index in [-0.39, 0.29) is 48.8 Å². The van der Waals surface area contributed by atoms with Gasteiger partial charge in [-0.05, 0) is 76.5 Å². The van der Waals surface area contributed by atoms with Gasteiger partial charge in [0.05, 0.1) is 12.2 Å². The first-order chi connectivity index (χ1) is 19.5. The Labute approximate surface area is 240 Å². The Morgan fingerprint density at radius 2 is 1.80 bits per heavy atom. The number of hydrogen-bond donors (Lipinski definition) is 1. The number of aliphatic carboxylic acids is 1. The molecule has 7 atom stereocenters. The molecule has 1 aliphatic carbocycles. The number of carbonyl (C=O) groups is 2. The zero-order chi connectivity index (χ0) is 28.6. The lowest BCUT2D eigenvalue weighted by atomic mass is 9.89. The third-order valence-electron chi connectivity index (χ3n) is 8.28. The molecule has 0 aromatic heterocycles. The average molecular weight is 565 g/mol. The van der Waals surface area contributed by atoms with Crippen LogP contribution in [-0.2, 0) is 33.3 Å². The Bertz CT molecular complexity index is 784. The maximum Gasteiger partial charge on any atom is 0.303 e. The van der Waals surface area contributed by atoms with Crippen molar-refractivity contribution in [2.24, 2.45) is 17.8 Å². The predicted octanol–water partition coefficient (Wildman–Crippen LogP) is 6.23. The van der Waals surface area contributed by atoms with Crippen molar-refractivity contribution in [3.05, 3.63) is 24.3 Å². The lowest BCUT2D eigenvalue weighted by Crippen LogP contribution is -2.32. The van der Waals surface area contributed by atoms with Crippen LogP contribution in [0.2, 0.25) is 0 Å². The highest BCUT2D eigenvalue weighted by atomic mass is 16.7. The van der Waals surface area contributed by atoms with Crippen LogP contribution in [0.25, 0.3) is 0 Å². The van der Waals surface area contributed by atoms with E-state index in [1.54, 1.807) is 7.11 Å². The summed E-state index contributed by atoms with van der Waals surface area (Å²) in [4.78, 5) is 24.0. The first-order valence-electron chi connectivity index (χ1n) is 15.6. The van der Waals surface area contributed by atoms with Gasteiger partial charge >= 0.3 is 5.97 Å². The molecule has 0 spiro atoms. The summed E-state index contributed by atoms with van der Waals surface area (Å²) in [7, 11) is 1.74. The number of rotatable bonds is 18. The van der Waals surface area contributed by atoms with Gasteiger partial charge in [0, 0.05) is 51.6 Å². The molecule has 40 heavy (non-hydrogen) atoms. The Morgan fingerprint density at radius 3 is 2.48 bits per heavy atom. The summed E-state index contributed by atoms with van der Waals surface area (Å²) in [6, 6.07) is 0. The van der Waals surface area contributed by atoms with E-state index in [0.717, 1.165) is 71.0 Å². The van der Waals surface area contributed by atoms with Crippen LogP contribution >= 0.6 is 0 Å². The molecular formula is C32H52O8. The zero-order valence-electron chi connectivity index (χ0n) is 24.7. The van der Waals surface area contributed by atoms with Crippen LogP contribution in [-0.4, -0.2) is 68.6 Å². The molecule has 0 radical (unpaired) electrons. The normalized spacial score (nSPS) is 29.4. The van der Waals surface area contributed by atoms with E-state index in [4.69, 9.17) is 28.8 Å². The molecule has 228 valence electrons. The van der Waals surface area contributed by atoms with E-state index in [1.165, 1.54) is 0 Å². The van der Waals surface area contributed by atoms with Crippen molar-refractivity contribution in [3.63, 3.8) is 0 Å². The molecule has 2 aliphatic heterocycles. The van der Waals surface area contributed by atoms with Crippen LogP contribution in [0, 0.1) is 17.8 Å². The van der Waals surface area contributed by atoms with Crippen LogP contribution < -0.4 is 0 Å². The van der Waals surface area contributed by atoms with E-state index in [2.05, 4.69) is 19.1 Å². The number of ketones is 1. The second kappa shape index (κ2) is 18.8. The SMILES string of the molecule is COCCCCC(C)[C@@H](/C=C/[C@H]1[C@H](OC2CCCCO2)CC(=O)[C@@H]1C/C=C\CCCC(=O)O)OC1CCCCO1. The molecule has 2 heterocycles. The summed E-state index contributed by atoms with van der Waals surface area (Å²) < 4.78 is 29.9. The largest absolute Gasteiger partial charge is 0.481 e. The van der Waals surface area contributed by atoms with Gasteiger partial charge < -0.3 is 28.8 Å². The van der Waals surface area contributed by atoms with Crippen molar-refractivity contribution in [1.29, 1.82) is 0 Å². The highest BCUT2D eigenvalue weighted by molar-refractivity contribution is 5.85. The second-order valence-electron chi connectivity index (χ2n) is 11.6. The summed E-state index contributed by atoms with van der Waals surface area (Å²) in [5, 5.41) is 8.87. The van der Waals surface area contributed by atoms with Crippen LogP contribution in [0.5, 0.6) is 0 Å². The number of unbranched alkanes of at least 4 members (excludes halogenated alkanes) is 2. The van der Waals surface area contributed by atoms with Crippen molar-refractivity contribution in [2.75, 3.05) is 26.9 Å². The van der Waals surface area contributed by atoms with Gasteiger partial charge in [0.25, 0.3) is 0 Å². The van der Waals surface area contributed by atoms with Gasteiger partial charge in [-0.2, -0.15) is 0 Å². The standard InChI is InChI=1S/C32H52O8/c1-24(13-7-10-20-36-2)28(39-31-16-8-11-21-37-31)19-18-26-25(14-5-3-4-6-15-30(34)35)27(33)23-29(26)40-32-17-9-12-22-38-32/h3,5,18-19,24-26,28-29,31-32H,4,6-17,20-23H2,1-2H3,(H,34,35)/b5-3-,19-18+/t24?,25-,26-,28-,29-,31?,32?/m1/s1. The third-order valence-corrected chi connectivity index (χ3v) is 8.28. The highest BCUT2D eigenvalue weighted by Crippen LogP contribution is 2.37. The molecule has 0 amide bonds. The minimum Gasteiger partial charge on any atom is -0.481 e. The lowest BCUT2D eigenvalue weighted by Gasteiger charge is -2.31. The summed E-state index contributed by atoms with van der Waals surface area (Å²) in [5.41, 5.74) is 0. The zero-order valence-corrected chi connectivity index (χ0v) is 24.7. The summed E-state index contributed by atoms with van der Waals surface area (Å²) >= 11 is 0. The Kier molecular flexibility index (Phi) is 15.5. The summed E-state index contributed by atoms with van der Waals surface area (Å²) in [6.45, 7) is 4.42. The van der Waals surface area contributed by atoms with Gasteiger partial charge in [0.2, 0.25) is 0 Å². The van der Waals surface area contributed by atoms with Gasteiger partial charge in [-0.25, -0.2) is 0 Å². The number of hydrogen-bond acceptors (Lipinski definition) is 7. The minimum absolute atomic E-state index is 0.0687. The number of methoxy groups -OCH3 is 1. The quantitative estimate of drug-likeness (QED) is 0.155. The van der Waals surface area contributed by atoms with Gasteiger partial charge in [-0.15, -0.1) is 0 Å². The Morgan fingerprint density at radius 1 is 1.05 bits per heavy atom. The molecule has 1 N–H and O–H groups in total.